The number of nitrogens with zero attached hydrogens (tertiary/aromatic N) is 1. The van der Waals surface area contributed by atoms with Gasteiger partial charge in [0.05, 0.1) is 12.0 Å². The Morgan fingerprint density at radius 3 is 2.40 bits per heavy atom. The summed E-state index contributed by atoms with van der Waals surface area (Å²) >= 11 is 0. The molecule has 1 saturated heterocycles. The molecule has 0 radical (unpaired) electrons. The van der Waals surface area contributed by atoms with Gasteiger partial charge < -0.3 is 20.3 Å². The van der Waals surface area contributed by atoms with E-state index in [0.717, 1.165) is 92.1 Å². The Morgan fingerprint density at radius 1 is 0.975 bits per heavy atom. The quantitative estimate of drug-likeness (QED) is 0.266. The molecule has 2 aliphatic rings. The molecule has 0 bridgehead atoms. The van der Waals surface area contributed by atoms with E-state index in [2.05, 4.69) is 27.7 Å². The molecule has 40 heavy (non-hydrogen) atoms. The van der Waals surface area contributed by atoms with E-state index in [-0.39, 0.29) is 11.7 Å². The maximum atomic E-state index is 12.8. The maximum Gasteiger partial charge on any atom is 0.416 e. The van der Waals surface area contributed by atoms with Gasteiger partial charge in [0, 0.05) is 30.0 Å². The lowest BCUT2D eigenvalue weighted by molar-refractivity contribution is -0.137. The van der Waals surface area contributed by atoms with E-state index in [4.69, 9.17) is 4.74 Å². The average molecular weight is 552 g/mol. The topological polar surface area (TPSA) is 70.7 Å². The second-order valence-corrected chi connectivity index (χ2v) is 10.3. The molecule has 1 amide bonds. The van der Waals surface area contributed by atoms with Crippen molar-refractivity contribution in [3.63, 3.8) is 0 Å². The summed E-state index contributed by atoms with van der Waals surface area (Å²) in [4.78, 5) is 27.5. The Kier molecular flexibility index (Phi) is 8.40. The van der Waals surface area contributed by atoms with Crippen LogP contribution in [0.15, 0.2) is 66.7 Å². The Labute approximate surface area is 231 Å². The first kappa shape index (κ1) is 27.7. The number of anilines is 2. The fourth-order valence-corrected chi connectivity index (χ4v) is 5.27. The summed E-state index contributed by atoms with van der Waals surface area (Å²) in [6.07, 6.45) is -0.962. The van der Waals surface area contributed by atoms with Crippen molar-refractivity contribution in [1.82, 2.24) is 5.32 Å². The van der Waals surface area contributed by atoms with Crippen LogP contribution >= 0.6 is 0 Å². The van der Waals surface area contributed by atoms with Crippen molar-refractivity contribution in [2.24, 2.45) is 0 Å². The number of hydrogen-bond donors (Lipinski definition) is 2. The predicted molar refractivity (Wildman–Crippen MR) is 148 cm³/mol. The molecule has 0 aromatic heterocycles. The fourth-order valence-electron chi connectivity index (χ4n) is 5.27. The van der Waals surface area contributed by atoms with E-state index < -0.39 is 29.9 Å². The fraction of sp³-hybridized carbons (Fsp3) is 0.355. The van der Waals surface area contributed by atoms with Crippen molar-refractivity contribution in [1.29, 1.82) is 0 Å². The lowest BCUT2D eigenvalue weighted by Gasteiger charge is -2.32. The van der Waals surface area contributed by atoms with E-state index in [0.29, 0.717) is 12.2 Å². The number of fused-ring (bicyclic) bond motifs is 1. The van der Waals surface area contributed by atoms with Crippen LogP contribution in [-0.2, 0) is 23.9 Å². The van der Waals surface area contributed by atoms with Crippen LogP contribution in [-0.4, -0.2) is 37.4 Å². The van der Waals surface area contributed by atoms with Crippen LogP contribution in [0.4, 0.5) is 24.5 Å². The van der Waals surface area contributed by atoms with Crippen molar-refractivity contribution < 1.29 is 27.5 Å². The van der Waals surface area contributed by atoms with Gasteiger partial charge in [-0.1, -0.05) is 30.3 Å². The highest BCUT2D eigenvalue weighted by Gasteiger charge is 2.30. The molecule has 0 aliphatic carbocycles. The number of carbonyl (C=O) groups excluding carboxylic acids is 2. The molecule has 0 unspecified atom stereocenters. The number of halogens is 3. The molecular formula is C31H32F3N3O3. The molecule has 5 rings (SSSR count). The van der Waals surface area contributed by atoms with Gasteiger partial charge in [0.15, 0.2) is 5.78 Å². The zero-order valence-corrected chi connectivity index (χ0v) is 22.1. The molecule has 2 heterocycles. The highest BCUT2D eigenvalue weighted by atomic mass is 19.4. The Morgan fingerprint density at radius 2 is 1.70 bits per heavy atom. The Balaban J connectivity index is 1.21. The number of benzene rings is 3. The van der Waals surface area contributed by atoms with Gasteiger partial charge in [-0.3, -0.25) is 9.59 Å². The van der Waals surface area contributed by atoms with Crippen LogP contribution < -0.4 is 20.3 Å². The lowest BCUT2D eigenvalue weighted by Crippen LogP contribution is -2.34. The maximum absolute atomic E-state index is 12.8. The summed E-state index contributed by atoms with van der Waals surface area (Å²) < 4.78 is 44.5. The Bertz CT molecular complexity index is 1330. The minimum atomic E-state index is -4.48. The number of ketones is 1. The van der Waals surface area contributed by atoms with Crippen LogP contribution in [0.1, 0.15) is 52.7 Å². The number of nitrogens with one attached hydrogen (secondary N) is 2. The van der Waals surface area contributed by atoms with E-state index in [9.17, 15) is 22.8 Å². The van der Waals surface area contributed by atoms with Crippen LogP contribution in [0.2, 0.25) is 0 Å². The van der Waals surface area contributed by atoms with Gasteiger partial charge in [-0.05, 0) is 86.3 Å². The molecule has 2 aliphatic heterocycles. The molecule has 6 nitrogen and oxygen atoms in total. The normalized spacial score (nSPS) is 15.8. The molecule has 3 aromatic carbocycles. The minimum absolute atomic E-state index is 0.0663. The zero-order valence-electron chi connectivity index (χ0n) is 22.1. The monoisotopic (exact) mass is 551 g/mol. The highest BCUT2D eigenvalue weighted by Crippen LogP contribution is 2.34. The molecule has 0 saturated carbocycles. The number of ether oxygens (including phenoxy) is 1. The number of rotatable bonds is 8. The third kappa shape index (κ3) is 6.83. The summed E-state index contributed by atoms with van der Waals surface area (Å²) in [5.74, 6) is -0.157. The average Bonchev–Trinajstić information content (AvgIpc) is 2.95. The first-order valence-electron chi connectivity index (χ1n) is 13.6. The molecule has 0 atom stereocenters. The van der Waals surface area contributed by atoms with E-state index in [1.807, 2.05) is 30.3 Å². The number of amides is 1. The van der Waals surface area contributed by atoms with Crippen LogP contribution in [0, 0.1) is 0 Å². The van der Waals surface area contributed by atoms with Crippen LogP contribution in [0.25, 0.3) is 0 Å². The molecule has 1 fully saturated rings. The van der Waals surface area contributed by atoms with Gasteiger partial charge >= 0.3 is 6.18 Å². The van der Waals surface area contributed by atoms with Gasteiger partial charge in [0.2, 0.25) is 5.91 Å². The van der Waals surface area contributed by atoms with Crippen LogP contribution in [0.3, 0.4) is 0 Å². The molecule has 210 valence electrons. The summed E-state index contributed by atoms with van der Waals surface area (Å²) in [6.45, 7) is 3.55. The van der Waals surface area contributed by atoms with Crippen LogP contribution in [0.5, 0.6) is 5.75 Å². The predicted octanol–water partition coefficient (Wildman–Crippen LogP) is 6.00. The SMILES string of the molecule is O=C(CC(=O)c1ccc(C(F)(F)F)cc1)Nc1cccc2c1CCCN2Cc1ccc(OC2CCNCC2)cc1. The summed E-state index contributed by atoms with van der Waals surface area (Å²) in [6, 6.07) is 17.8. The molecule has 3 aromatic rings. The number of Topliss-reactive ketones (excluding diaryl/α,β-unsaturated/α-hetero) is 1. The van der Waals surface area contributed by atoms with Gasteiger partial charge in [0.25, 0.3) is 0 Å². The second-order valence-electron chi connectivity index (χ2n) is 10.3. The first-order chi connectivity index (χ1) is 19.3. The van der Waals surface area contributed by atoms with Gasteiger partial charge in [0.1, 0.15) is 11.9 Å². The summed E-state index contributed by atoms with van der Waals surface area (Å²) in [5, 5.41) is 6.19. The number of carbonyl (C=O) groups is 2. The van der Waals surface area contributed by atoms with Crippen molar-refractivity contribution >= 4 is 23.1 Å². The number of hydrogen-bond acceptors (Lipinski definition) is 5. The first-order valence-corrected chi connectivity index (χ1v) is 13.6. The van der Waals surface area contributed by atoms with Crippen molar-refractivity contribution in [2.45, 2.75) is 50.9 Å². The highest BCUT2D eigenvalue weighted by molar-refractivity contribution is 6.11. The Hall–Kier alpha value is -3.85. The lowest BCUT2D eigenvalue weighted by atomic mass is 9.98. The molecule has 2 N–H and O–H groups in total. The number of alkyl halides is 3. The van der Waals surface area contributed by atoms with Crippen molar-refractivity contribution in [3.8, 4) is 5.75 Å². The molecule has 0 spiro atoms. The smallest absolute Gasteiger partial charge is 0.416 e. The molecule has 9 heteroatoms. The summed E-state index contributed by atoms with van der Waals surface area (Å²) in [7, 11) is 0. The zero-order chi connectivity index (χ0) is 28.1. The third-order valence-electron chi connectivity index (χ3n) is 7.36. The van der Waals surface area contributed by atoms with E-state index >= 15 is 0 Å². The standard InChI is InChI=1S/C31H32F3N3O3/c32-31(33,34)23-10-8-22(9-11-23)29(38)19-30(39)36-27-4-1-5-28-26(27)3-2-18-37(28)20-21-6-12-24(13-7-21)40-25-14-16-35-17-15-25/h1,4-13,25,35H,2-3,14-20H2,(H,36,39). The van der Waals surface area contributed by atoms with E-state index in [1.165, 1.54) is 0 Å². The second kappa shape index (κ2) is 12.1. The van der Waals surface area contributed by atoms with Crippen molar-refractivity contribution in [3.05, 3.63) is 89.0 Å². The van der Waals surface area contributed by atoms with E-state index in [1.54, 1.807) is 0 Å². The number of piperidine rings is 1. The van der Waals surface area contributed by atoms with Gasteiger partial charge in [-0.2, -0.15) is 13.2 Å². The largest absolute Gasteiger partial charge is 0.490 e. The third-order valence-corrected chi connectivity index (χ3v) is 7.36. The summed E-state index contributed by atoms with van der Waals surface area (Å²) in [5.41, 5.74) is 3.08. The minimum Gasteiger partial charge on any atom is -0.490 e. The van der Waals surface area contributed by atoms with Gasteiger partial charge in [-0.15, -0.1) is 0 Å². The van der Waals surface area contributed by atoms with Crippen molar-refractivity contribution in [2.75, 3.05) is 29.9 Å². The molecular weight excluding hydrogens is 519 g/mol. The van der Waals surface area contributed by atoms with Gasteiger partial charge in [-0.25, -0.2) is 0 Å².